The maximum absolute atomic E-state index is 12.0. The number of hydrogen-bond acceptors (Lipinski definition) is 6. The molecule has 2 heterocycles. The lowest BCUT2D eigenvalue weighted by atomic mass is 10.2. The van der Waals surface area contributed by atoms with Crippen molar-refractivity contribution in [3.8, 4) is 17.5 Å². The molecule has 2 amide bonds. The van der Waals surface area contributed by atoms with Crippen LogP contribution in [0.2, 0.25) is 0 Å². The standard InChI is InChI=1S/C21H20N4O4/c26-18(14-28-21-24-23-20(29-21)16-5-2-1-3-6-16)22-13-15-8-10-17(11-9-15)25-12-4-7-19(25)27/h1-3,5-6,8-11H,4,7,12-14H2,(H,22,26). The molecule has 0 saturated carbocycles. The van der Waals surface area contributed by atoms with Gasteiger partial charge in [0, 0.05) is 30.8 Å². The van der Waals surface area contributed by atoms with Crippen molar-refractivity contribution in [1.82, 2.24) is 15.5 Å². The van der Waals surface area contributed by atoms with Crippen LogP contribution in [0.5, 0.6) is 6.08 Å². The maximum atomic E-state index is 12.0. The number of aromatic nitrogens is 2. The molecule has 8 heteroatoms. The fourth-order valence-electron chi connectivity index (χ4n) is 3.06. The smallest absolute Gasteiger partial charge is 0.415 e. The van der Waals surface area contributed by atoms with Crippen LogP contribution in [0.3, 0.4) is 0 Å². The molecular formula is C21H20N4O4. The van der Waals surface area contributed by atoms with Crippen LogP contribution in [0, 0.1) is 0 Å². The van der Waals surface area contributed by atoms with Crippen LogP contribution in [-0.4, -0.2) is 35.2 Å². The van der Waals surface area contributed by atoms with Gasteiger partial charge in [-0.3, -0.25) is 9.59 Å². The molecule has 1 aromatic heterocycles. The molecule has 0 radical (unpaired) electrons. The second-order valence-electron chi connectivity index (χ2n) is 6.62. The van der Waals surface area contributed by atoms with Crippen LogP contribution in [0.25, 0.3) is 11.5 Å². The summed E-state index contributed by atoms with van der Waals surface area (Å²) in [5, 5.41) is 10.5. The molecule has 1 saturated heterocycles. The first-order chi connectivity index (χ1) is 14.2. The molecule has 1 fully saturated rings. The molecule has 0 aliphatic carbocycles. The molecule has 1 aliphatic heterocycles. The van der Waals surface area contributed by atoms with E-state index in [-0.39, 0.29) is 24.5 Å². The Balaban J connectivity index is 1.24. The molecule has 1 N–H and O–H groups in total. The number of ether oxygens (including phenoxy) is 1. The van der Waals surface area contributed by atoms with Gasteiger partial charge < -0.3 is 19.4 Å². The van der Waals surface area contributed by atoms with Gasteiger partial charge in [0.05, 0.1) is 0 Å². The SMILES string of the molecule is O=C(COc1nnc(-c2ccccc2)o1)NCc1ccc(N2CCCC2=O)cc1. The van der Waals surface area contributed by atoms with Gasteiger partial charge in [0.1, 0.15) is 0 Å². The Morgan fingerprint density at radius 2 is 1.90 bits per heavy atom. The van der Waals surface area contributed by atoms with E-state index in [0.717, 1.165) is 29.8 Å². The van der Waals surface area contributed by atoms with Crippen molar-refractivity contribution in [2.75, 3.05) is 18.1 Å². The summed E-state index contributed by atoms with van der Waals surface area (Å²) in [5.41, 5.74) is 2.59. The predicted octanol–water partition coefficient (Wildman–Crippen LogP) is 2.56. The zero-order chi connectivity index (χ0) is 20.1. The second kappa shape index (κ2) is 8.55. The zero-order valence-corrected chi connectivity index (χ0v) is 15.7. The summed E-state index contributed by atoms with van der Waals surface area (Å²) < 4.78 is 10.7. The van der Waals surface area contributed by atoms with Gasteiger partial charge in [0.25, 0.3) is 11.8 Å². The van der Waals surface area contributed by atoms with E-state index >= 15 is 0 Å². The Kier molecular flexibility index (Phi) is 5.51. The summed E-state index contributed by atoms with van der Waals surface area (Å²) in [6.45, 7) is 0.889. The van der Waals surface area contributed by atoms with Crippen molar-refractivity contribution >= 4 is 17.5 Å². The number of hydrogen-bond donors (Lipinski definition) is 1. The molecule has 0 atom stereocenters. The largest absolute Gasteiger partial charge is 0.439 e. The Morgan fingerprint density at radius 1 is 1.10 bits per heavy atom. The highest BCUT2D eigenvalue weighted by Gasteiger charge is 2.21. The average molecular weight is 392 g/mol. The van der Waals surface area contributed by atoms with E-state index in [4.69, 9.17) is 9.15 Å². The Hall–Kier alpha value is -3.68. The van der Waals surface area contributed by atoms with Gasteiger partial charge >= 0.3 is 6.08 Å². The molecule has 2 aromatic carbocycles. The highest BCUT2D eigenvalue weighted by molar-refractivity contribution is 5.95. The number of amides is 2. The van der Waals surface area contributed by atoms with Crippen molar-refractivity contribution in [2.24, 2.45) is 0 Å². The number of nitrogens with zero attached hydrogens (tertiary/aromatic N) is 3. The van der Waals surface area contributed by atoms with E-state index in [1.807, 2.05) is 54.6 Å². The lowest BCUT2D eigenvalue weighted by Crippen LogP contribution is -2.28. The maximum Gasteiger partial charge on any atom is 0.415 e. The quantitative estimate of drug-likeness (QED) is 0.664. The van der Waals surface area contributed by atoms with Gasteiger partial charge in [-0.15, -0.1) is 5.10 Å². The van der Waals surface area contributed by atoms with E-state index < -0.39 is 0 Å². The topological polar surface area (TPSA) is 97.6 Å². The van der Waals surface area contributed by atoms with Crippen molar-refractivity contribution in [3.05, 3.63) is 60.2 Å². The molecule has 4 rings (SSSR count). The minimum Gasteiger partial charge on any atom is -0.439 e. The van der Waals surface area contributed by atoms with E-state index in [2.05, 4.69) is 15.5 Å². The summed E-state index contributed by atoms with van der Waals surface area (Å²) in [4.78, 5) is 25.6. The first kappa shape index (κ1) is 18.7. The monoisotopic (exact) mass is 392 g/mol. The summed E-state index contributed by atoms with van der Waals surface area (Å²) in [5.74, 6) is 0.181. The third kappa shape index (κ3) is 4.60. The Bertz CT molecular complexity index is 985. The van der Waals surface area contributed by atoms with Crippen molar-refractivity contribution in [1.29, 1.82) is 0 Å². The fraction of sp³-hybridized carbons (Fsp3) is 0.238. The Labute approximate surface area is 167 Å². The normalized spacial score (nSPS) is 13.5. The van der Waals surface area contributed by atoms with E-state index in [0.29, 0.717) is 18.9 Å². The molecule has 0 spiro atoms. The van der Waals surface area contributed by atoms with Crippen LogP contribution in [0.4, 0.5) is 5.69 Å². The van der Waals surface area contributed by atoms with Crippen molar-refractivity contribution in [2.45, 2.75) is 19.4 Å². The number of carbonyl (C=O) groups is 2. The zero-order valence-electron chi connectivity index (χ0n) is 15.7. The summed E-state index contributed by atoms with van der Waals surface area (Å²) in [7, 11) is 0. The molecule has 29 heavy (non-hydrogen) atoms. The van der Waals surface area contributed by atoms with Gasteiger partial charge in [0.2, 0.25) is 5.91 Å². The van der Waals surface area contributed by atoms with Crippen LogP contribution in [0.1, 0.15) is 18.4 Å². The van der Waals surface area contributed by atoms with Crippen LogP contribution >= 0.6 is 0 Å². The highest BCUT2D eigenvalue weighted by Crippen LogP contribution is 2.22. The predicted molar refractivity (Wildman–Crippen MR) is 105 cm³/mol. The van der Waals surface area contributed by atoms with Crippen LogP contribution in [-0.2, 0) is 16.1 Å². The fourth-order valence-corrected chi connectivity index (χ4v) is 3.06. The number of benzene rings is 2. The lowest BCUT2D eigenvalue weighted by Gasteiger charge is -2.16. The number of carbonyl (C=O) groups excluding carboxylic acids is 2. The highest BCUT2D eigenvalue weighted by atomic mass is 16.6. The molecule has 8 nitrogen and oxygen atoms in total. The molecule has 0 bridgehead atoms. The average Bonchev–Trinajstić information content (AvgIpc) is 3.41. The van der Waals surface area contributed by atoms with E-state index in [9.17, 15) is 9.59 Å². The molecule has 3 aromatic rings. The van der Waals surface area contributed by atoms with Gasteiger partial charge in [-0.1, -0.05) is 35.4 Å². The third-order valence-electron chi connectivity index (χ3n) is 4.57. The minimum atomic E-state index is -0.303. The van der Waals surface area contributed by atoms with Crippen LogP contribution in [0.15, 0.2) is 59.0 Å². The summed E-state index contributed by atoms with van der Waals surface area (Å²) in [6, 6.07) is 16.9. The van der Waals surface area contributed by atoms with E-state index in [1.54, 1.807) is 4.90 Å². The van der Waals surface area contributed by atoms with Gasteiger partial charge in [-0.05, 0) is 36.2 Å². The third-order valence-corrected chi connectivity index (χ3v) is 4.57. The Morgan fingerprint density at radius 3 is 2.62 bits per heavy atom. The number of anilines is 1. The van der Waals surface area contributed by atoms with Gasteiger partial charge in [-0.25, -0.2) is 0 Å². The molecular weight excluding hydrogens is 372 g/mol. The summed E-state index contributed by atoms with van der Waals surface area (Å²) in [6.07, 6.45) is 1.44. The number of rotatable bonds is 7. The van der Waals surface area contributed by atoms with Crippen molar-refractivity contribution in [3.63, 3.8) is 0 Å². The van der Waals surface area contributed by atoms with Gasteiger partial charge in [0.15, 0.2) is 6.61 Å². The van der Waals surface area contributed by atoms with Crippen molar-refractivity contribution < 1.29 is 18.7 Å². The lowest BCUT2D eigenvalue weighted by molar-refractivity contribution is -0.123. The number of nitrogens with one attached hydrogen (secondary N) is 1. The van der Waals surface area contributed by atoms with E-state index in [1.165, 1.54) is 0 Å². The molecule has 1 aliphatic rings. The molecule has 0 unspecified atom stereocenters. The van der Waals surface area contributed by atoms with Gasteiger partial charge in [-0.2, -0.15) is 0 Å². The summed E-state index contributed by atoms with van der Waals surface area (Å²) >= 11 is 0. The minimum absolute atomic E-state index is 0.0568. The first-order valence-corrected chi connectivity index (χ1v) is 9.37. The second-order valence-corrected chi connectivity index (χ2v) is 6.62. The molecule has 148 valence electrons. The van der Waals surface area contributed by atoms with Crippen LogP contribution < -0.4 is 15.0 Å². The first-order valence-electron chi connectivity index (χ1n) is 9.37.